The number of aliphatic hydroxyl groups is 6. The fraction of sp³-hybridized carbons (Fsp3) is 0.759. The second-order valence-corrected chi connectivity index (χ2v) is 22.1. The second kappa shape index (κ2) is 25.1. The zero-order valence-electron chi connectivity index (χ0n) is 44.9. The minimum atomic E-state index is -1.85. The third-order valence-electron chi connectivity index (χ3n) is 16.3. The molecule has 1 amide bonds. The molecule has 7 N–H and O–H groups in total. The Morgan fingerprint density at radius 1 is 0.972 bits per heavy atom. The molecule has 1 aromatic carbocycles. The Morgan fingerprint density at radius 3 is 2.19 bits per heavy atom. The van der Waals surface area contributed by atoms with E-state index in [9.17, 15) is 44.6 Å². The molecule has 17 nitrogen and oxygen atoms in total. The number of hydrogen-bond acceptors (Lipinski definition) is 16. The van der Waals surface area contributed by atoms with Crippen LogP contribution in [0.5, 0.6) is 0 Å². The number of aliphatic hydroxyl groups excluding tert-OH is 4. The number of aromatic nitrogens is 1. The Bertz CT molecular complexity index is 2020. The number of nitrogens with one attached hydrogen (secondary N) is 1. The third kappa shape index (κ3) is 13.8. The number of carbonyl (C=O) groups excluding carboxylic acids is 2. The van der Waals surface area contributed by atoms with Gasteiger partial charge in [0.1, 0.15) is 42.8 Å². The van der Waals surface area contributed by atoms with Crippen molar-refractivity contribution in [2.45, 2.75) is 197 Å². The molecular formula is C54H87FN4O13. The van der Waals surface area contributed by atoms with Crippen molar-refractivity contribution in [2.75, 3.05) is 41.0 Å². The molecule has 18 heteroatoms. The van der Waals surface area contributed by atoms with E-state index in [0.29, 0.717) is 18.5 Å². The van der Waals surface area contributed by atoms with Gasteiger partial charge in [-0.1, -0.05) is 52.0 Å². The number of hydrogen-bond donors (Lipinski definition) is 7. The molecule has 3 aliphatic heterocycles. The van der Waals surface area contributed by atoms with Crippen molar-refractivity contribution in [1.29, 1.82) is 0 Å². The Balaban J connectivity index is 1.41. The molecule has 1 unspecified atom stereocenters. The molecule has 0 saturated carbocycles. The quantitative estimate of drug-likeness (QED) is 0.132. The molecule has 3 fully saturated rings. The number of ether oxygens (including phenoxy) is 5. The third-order valence-corrected chi connectivity index (χ3v) is 16.3. The molecule has 408 valence electrons. The summed E-state index contributed by atoms with van der Waals surface area (Å²) in [5.41, 5.74) is -2.33. The summed E-state index contributed by atoms with van der Waals surface area (Å²) in [5.74, 6) is -3.90. The van der Waals surface area contributed by atoms with Crippen LogP contribution in [-0.4, -0.2) is 188 Å². The lowest BCUT2D eigenvalue weighted by Gasteiger charge is -2.51. The lowest BCUT2D eigenvalue weighted by atomic mass is 9.68. The maximum absolute atomic E-state index is 14.6. The van der Waals surface area contributed by atoms with Crippen LogP contribution in [0.3, 0.4) is 0 Å². The standard InChI is InChI=1S/C54H87FN4O13/c1-14-42-54(10,67)47(63)34(6)59(12)29-30(2)26-52(8,66)49(32(4)44(33(5)50(65)71-42)41-27-53(9,68-13)48(64)35(7)70-41)72-51-46(62)40(25-31(3)69-51)58(11)24-21-43(60)57-39(28-55)45(61)38-17-15-36(16-18-38)37-19-22-56-23-20-37/h15-20,22-23,30-35,39-42,44-49,51,61-64,66-67H,14,21,24-29H2,1-13H3,(H,57,60)/t30-,31-,32+,33-,34-,35+,39-,40+,41?,42-,44+,45-,46-,47-,48+,49-,51+,52-,53-,54-/m1/s1. The summed E-state index contributed by atoms with van der Waals surface area (Å²) >= 11 is 0. The number of carbonyl (C=O) groups is 2. The van der Waals surface area contributed by atoms with Crippen LogP contribution in [0.2, 0.25) is 0 Å². The Labute approximate surface area is 426 Å². The average Bonchev–Trinajstić information content (AvgIpc) is 3.34. The van der Waals surface area contributed by atoms with Crippen LogP contribution in [0.15, 0.2) is 48.8 Å². The van der Waals surface area contributed by atoms with Gasteiger partial charge in [0.05, 0.1) is 47.6 Å². The molecule has 3 aliphatic rings. The summed E-state index contributed by atoms with van der Waals surface area (Å²) in [4.78, 5) is 35.7. The first-order valence-corrected chi connectivity index (χ1v) is 25.9. The van der Waals surface area contributed by atoms with Crippen LogP contribution in [0.1, 0.15) is 113 Å². The summed E-state index contributed by atoms with van der Waals surface area (Å²) in [5, 5.41) is 73.7. The zero-order chi connectivity index (χ0) is 53.6. The predicted octanol–water partition coefficient (Wildman–Crippen LogP) is 4.18. The molecule has 2 aromatic rings. The van der Waals surface area contributed by atoms with Crippen LogP contribution >= 0.6 is 0 Å². The molecule has 20 atom stereocenters. The van der Waals surface area contributed by atoms with Gasteiger partial charge in [-0.2, -0.15) is 0 Å². The predicted molar refractivity (Wildman–Crippen MR) is 269 cm³/mol. The Kier molecular flexibility index (Phi) is 20.8. The van der Waals surface area contributed by atoms with Crippen molar-refractivity contribution in [1.82, 2.24) is 20.1 Å². The lowest BCUT2D eigenvalue weighted by molar-refractivity contribution is -0.302. The Morgan fingerprint density at radius 2 is 1.60 bits per heavy atom. The molecule has 5 rings (SSSR count). The van der Waals surface area contributed by atoms with E-state index in [0.717, 1.165) is 11.1 Å². The molecule has 1 aromatic heterocycles. The van der Waals surface area contributed by atoms with Crippen molar-refractivity contribution in [3.63, 3.8) is 0 Å². The monoisotopic (exact) mass is 1020 g/mol. The number of esters is 1. The van der Waals surface area contributed by atoms with Crippen molar-refractivity contribution in [3.05, 3.63) is 54.4 Å². The lowest BCUT2D eigenvalue weighted by Crippen LogP contribution is -2.62. The van der Waals surface area contributed by atoms with Gasteiger partial charge < -0.3 is 69.4 Å². The van der Waals surface area contributed by atoms with Gasteiger partial charge in [0.2, 0.25) is 5.91 Å². The summed E-state index contributed by atoms with van der Waals surface area (Å²) in [7, 11) is 5.08. The number of halogens is 1. The molecule has 72 heavy (non-hydrogen) atoms. The fourth-order valence-electron chi connectivity index (χ4n) is 11.8. The van der Waals surface area contributed by atoms with Crippen LogP contribution in [0, 0.1) is 23.7 Å². The highest BCUT2D eigenvalue weighted by Crippen LogP contribution is 2.45. The maximum Gasteiger partial charge on any atom is 0.309 e. The first-order chi connectivity index (χ1) is 33.7. The molecule has 0 bridgehead atoms. The summed E-state index contributed by atoms with van der Waals surface area (Å²) in [6.07, 6.45) is -6.34. The minimum Gasteiger partial charge on any atom is -0.459 e. The normalized spacial score (nSPS) is 39.8. The number of amides is 1. The van der Waals surface area contributed by atoms with Gasteiger partial charge in [-0.25, -0.2) is 4.39 Å². The van der Waals surface area contributed by atoms with E-state index in [4.69, 9.17) is 23.7 Å². The van der Waals surface area contributed by atoms with Crippen LogP contribution in [-0.2, 0) is 33.3 Å². The number of benzene rings is 1. The summed E-state index contributed by atoms with van der Waals surface area (Å²) < 4.78 is 46.4. The van der Waals surface area contributed by atoms with Crippen molar-refractivity contribution >= 4 is 11.9 Å². The second-order valence-electron chi connectivity index (χ2n) is 22.1. The number of cyclic esters (lactones) is 1. The zero-order valence-corrected chi connectivity index (χ0v) is 44.9. The van der Waals surface area contributed by atoms with E-state index >= 15 is 0 Å². The van der Waals surface area contributed by atoms with Gasteiger partial charge in [0, 0.05) is 63.4 Å². The van der Waals surface area contributed by atoms with Crippen LogP contribution < -0.4 is 5.32 Å². The fourth-order valence-corrected chi connectivity index (χ4v) is 11.8. The van der Waals surface area contributed by atoms with E-state index in [1.165, 1.54) is 14.0 Å². The Hall–Kier alpha value is -3.24. The van der Waals surface area contributed by atoms with E-state index in [1.54, 1.807) is 73.1 Å². The number of methoxy groups -OCH3 is 1. The van der Waals surface area contributed by atoms with Gasteiger partial charge in [-0.05, 0) is 116 Å². The summed E-state index contributed by atoms with van der Waals surface area (Å²) in [6, 6.07) is 8.33. The number of likely N-dealkylation sites (N-methyl/N-ethyl adjacent to an activating group) is 2. The first kappa shape index (κ1) is 59.6. The molecular weight excluding hydrogens is 932 g/mol. The van der Waals surface area contributed by atoms with E-state index < -0.39 is 132 Å². The number of rotatable bonds is 14. The van der Waals surface area contributed by atoms with Crippen molar-refractivity contribution < 1.29 is 68.3 Å². The van der Waals surface area contributed by atoms with E-state index in [2.05, 4.69) is 10.3 Å². The molecule has 0 spiro atoms. The van der Waals surface area contributed by atoms with E-state index in [1.807, 2.05) is 61.9 Å². The van der Waals surface area contributed by atoms with Gasteiger partial charge in [0.15, 0.2) is 6.29 Å². The van der Waals surface area contributed by atoms with Gasteiger partial charge in [-0.3, -0.25) is 14.6 Å². The highest BCUT2D eigenvalue weighted by atomic mass is 19.1. The van der Waals surface area contributed by atoms with Crippen molar-refractivity contribution in [2.24, 2.45) is 23.7 Å². The van der Waals surface area contributed by atoms with Crippen LogP contribution in [0.25, 0.3) is 11.1 Å². The van der Waals surface area contributed by atoms with E-state index in [-0.39, 0.29) is 38.1 Å². The maximum atomic E-state index is 14.6. The first-order valence-electron chi connectivity index (χ1n) is 25.9. The highest BCUT2D eigenvalue weighted by Gasteiger charge is 2.55. The summed E-state index contributed by atoms with van der Waals surface area (Å²) in [6.45, 7) is 17.1. The van der Waals surface area contributed by atoms with Gasteiger partial charge in [-0.15, -0.1) is 0 Å². The van der Waals surface area contributed by atoms with Gasteiger partial charge in [0.25, 0.3) is 0 Å². The van der Waals surface area contributed by atoms with Crippen molar-refractivity contribution in [3.8, 4) is 11.1 Å². The molecule has 3 saturated heterocycles. The molecule has 0 radical (unpaired) electrons. The molecule has 4 heterocycles. The smallest absolute Gasteiger partial charge is 0.309 e. The average molecular weight is 1020 g/mol. The number of pyridine rings is 1. The van der Waals surface area contributed by atoms with Gasteiger partial charge >= 0.3 is 5.97 Å². The number of alkyl halides is 1. The number of nitrogens with zero attached hydrogens (tertiary/aromatic N) is 3. The van der Waals surface area contributed by atoms with Crippen LogP contribution in [0.4, 0.5) is 4.39 Å². The highest BCUT2D eigenvalue weighted by molar-refractivity contribution is 5.76. The largest absolute Gasteiger partial charge is 0.459 e. The molecule has 0 aliphatic carbocycles. The topological polar surface area (TPSA) is 233 Å². The SMILES string of the molecule is CC[C@H]1OC(=O)[C@H](C)[C@@H](C2C[C@@](C)(OC)[C@@H](O)[C@H](C)O2)[C@H](C)[C@@H](O[C@@H]2O[C@H](C)C[C@H](N(C)CCC(=O)N[C@H](CF)[C@H](O)c3ccc(-c4ccncc4)cc3)[C@H]2O)[C@](C)(O)C[C@@H](C)CN(C)[C@H](C)[C@@H](O)[C@]1(C)O. The minimum absolute atomic E-state index is 0.0834.